The summed E-state index contributed by atoms with van der Waals surface area (Å²) in [6.07, 6.45) is 4.27. The van der Waals surface area contributed by atoms with Crippen molar-refractivity contribution in [1.29, 1.82) is 0 Å². The number of hydrogen-bond donors (Lipinski definition) is 0. The molecule has 2 heteroatoms. The van der Waals surface area contributed by atoms with Crippen molar-refractivity contribution in [2.75, 3.05) is 0 Å². The van der Waals surface area contributed by atoms with Crippen molar-refractivity contribution < 1.29 is 9.53 Å². The number of esters is 1. The van der Waals surface area contributed by atoms with Crippen molar-refractivity contribution >= 4 is 5.97 Å². The van der Waals surface area contributed by atoms with Gasteiger partial charge < -0.3 is 4.74 Å². The minimum atomic E-state index is -0.183. The van der Waals surface area contributed by atoms with Crippen LogP contribution in [0.4, 0.5) is 0 Å². The molecule has 2 nitrogen and oxygen atoms in total. The van der Waals surface area contributed by atoms with E-state index in [0.29, 0.717) is 0 Å². The summed E-state index contributed by atoms with van der Waals surface area (Å²) in [5.41, 5.74) is 1.45. The number of allylic oxidation sites excluding steroid dienone is 1. The van der Waals surface area contributed by atoms with Crippen molar-refractivity contribution in [2.45, 2.75) is 46.6 Å². The smallest absolute Gasteiger partial charge is 0.303 e. The lowest BCUT2D eigenvalue weighted by Gasteiger charge is -2.31. The molecular weight excluding hydrogens is 164 g/mol. The van der Waals surface area contributed by atoms with E-state index in [9.17, 15) is 4.79 Å². The Morgan fingerprint density at radius 2 is 2.23 bits per heavy atom. The lowest BCUT2D eigenvalue weighted by atomic mass is 9.79. The van der Waals surface area contributed by atoms with E-state index in [1.807, 2.05) is 6.92 Å². The van der Waals surface area contributed by atoms with E-state index in [1.54, 1.807) is 0 Å². The predicted molar refractivity (Wildman–Crippen MR) is 52.3 cm³/mol. The molecule has 0 heterocycles. The number of carbonyl (C=O) groups excluding carboxylic acids is 1. The molecule has 0 radical (unpaired) electrons. The summed E-state index contributed by atoms with van der Waals surface area (Å²) >= 11 is 0. The Hall–Kier alpha value is -0.790. The first-order valence-electron chi connectivity index (χ1n) is 4.77. The van der Waals surface area contributed by atoms with Gasteiger partial charge in [0, 0.05) is 6.92 Å². The first kappa shape index (κ1) is 10.3. The highest BCUT2D eigenvalue weighted by Gasteiger charge is 2.26. The maximum Gasteiger partial charge on any atom is 0.303 e. The van der Waals surface area contributed by atoms with Crippen LogP contribution < -0.4 is 0 Å². The van der Waals surface area contributed by atoms with Crippen LogP contribution in [0.5, 0.6) is 0 Å². The molecule has 74 valence electrons. The van der Waals surface area contributed by atoms with Crippen LogP contribution in [-0.2, 0) is 9.53 Å². The molecule has 0 aliphatic heterocycles. The lowest BCUT2D eigenvalue weighted by Crippen LogP contribution is -2.26. The summed E-state index contributed by atoms with van der Waals surface area (Å²) in [6, 6.07) is 0. The highest BCUT2D eigenvalue weighted by Crippen LogP contribution is 2.34. The molecule has 0 saturated carbocycles. The van der Waals surface area contributed by atoms with Crippen LogP contribution >= 0.6 is 0 Å². The van der Waals surface area contributed by atoms with Crippen molar-refractivity contribution in [2.24, 2.45) is 5.41 Å². The summed E-state index contributed by atoms with van der Waals surface area (Å²) in [5.74, 6) is -0.183. The van der Waals surface area contributed by atoms with Crippen molar-refractivity contribution in [3.05, 3.63) is 11.6 Å². The predicted octanol–water partition coefficient (Wildman–Crippen LogP) is 2.68. The largest absolute Gasteiger partial charge is 0.458 e. The second kappa shape index (κ2) is 3.52. The maximum atomic E-state index is 10.8. The van der Waals surface area contributed by atoms with Gasteiger partial charge in [0.1, 0.15) is 6.10 Å². The van der Waals surface area contributed by atoms with Crippen LogP contribution in [0.15, 0.2) is 11.6 Å². The number of hydrogen-bond acceptors (Lipinski definition) is 2. The zero-order chi connectivity index (χ0) is 10.1. The fourth-order valence-electron chi connectivity index (χ4n) is 1.86. The monoisotopic (exact) mass is 182 g/mol. The standard InChI is InChI=1S/C11H18O2/c1-8-7-11(3,4)6-5-10(8)13-9(2)12/h7,10H,5-6H2,1-4H3/t10-/m0/s1. The van der Waals surface area contributed by atoms with E-state index in [2.05, 4.69) is 19.9 Å². The van der Waals surface area contributed by atoms with E-state index >= 15 is 0 Å². The van der Waals surface area contributed by atoms with Crippen LogP contribution in [0.2, 0.25) is 0 Å². The Bertz CT molecular complexity index is 238. The molecule has 0 fully saturated rings. The summed E-state index contributed by atoms with van der Waals surface area (Å²) in [5, 5.41) is 0. The van der Waals surface area contributed by atoms with Gasteiger partial charge in [-0.05, 0) is 30.8 Å². The van der Waals surface area contributed by atoms with Gasteiger partial charge in [-0.15, -0.1) is 0 Å². The molecule has 1 aliphatic carbocycles. The van der Waals surface area contributed by atoms with E-state index in [4.69, 9.17) is 4.74 Å². The summed E-state index contributed by atoms with van der Waals surface area (Å²) in [4.78, 5) is 10.8. The zero-order valence-corrected chi connectivity index (χ0v) is 8.89. The van der Waals surface area contributed by atoms with Gasteiger partial charge in [0.15, 0.2) is 0 Å². The third-order valence-corrected chi connectivity index (χ3v) is 2.49. The number of ether oxygens (including phenoxy) is 1. The van der Waals surface area contributed by atoms with Crippen molar-refractivity contribution in [3.63, 3.8) is 0 Å². The third-order valence-electron chi connectivity index (χ3n) is 2.49. The van der Waals surface area contributed by atoms with E-state index in [1.165, 1.54) is 12.5 Å². The Morgan fingerprint density at radius 1 is 1.62 bits per heavy atom. The maximum absolute atomic E-state index is 10.8. The molecule has 1 aliphatic rings. The summed E-state index contributed by atoms with van der Waals surface area (Å²) in [6.45, 7) is 7.92. The minimum Gasteiger partial charge on any atom is -0.458 e. The van der Waals surface area contributed by atoms with Crippen molar-refractivity contribution in [1.82, 2.24) is 0 Å². The molecule has 0 bridgehead atoms. The van der Waals surface area contributed by atoms with Gasteiger partial charge in [0.25, 0.3) is 0 Å². The SMILES string of the molecule is CC(=O)O[C@H]1CCC(C)(C)C=C1C. The zero-order valence-electron chi connectivity index (χ0n) is 8.89. The summed E-state index contributed by atoms with van der Waals surface area (Å²) < 4.78 is 5.19. The second-order valence-corrected chi connectivity index (χ2v) is 4.51. The molecule has 0 amide bonds. The van der Waals surface area contributed by atoms with Gasteiger partial charge in [0.2, 0.25) is 0 Å². The average Bonchev–Trinajstić information content (AvgIpc) is 1.93. The molecule has 0 unspecified atom stereocenters. The van der Waals surface area contributed by atoms with Crippen molar-refractivity contribution in [3.8, 4) is 0 Å². The van der Waals surface area contributed by atoms with Crippen LogP contribution in [0.3, 0.4) is 0 Å². The lowest BCUT2D eigenvalue weighted by molar-refractivity contribution is -0.145. The third kappa shape index (κ3) is 2.87. The van der Waals surface area contributed by atoms with Gasteiger partial charge in [-0.25, -0.2) is 0 Å². The molecule has 0 aromatic heterocycles. The van der Waals surface area contributed by atoms with Gasteiger partial charge in [0.05, 0.1) is 0 Å². The topological polar surface area (TPSA) is 26.3 Å². The quantitative estimate of drug-likeness (QED) is 0.460. The molecule has 1 rings (SSSR count). The number of rotatable bonds is 1. The van der Waals surface area contributed by atoms with Gasteiger partial charge in [-0.3, -0.25) is 4.79 Å². The second-order valence-electron chi connectivity index (χ2n) is 4.51. The first-order valence-corrected chi connectivity index (χ1v) is 4.77. The van der Waals surface area contributed by atoms with Crippen LogP contribution in [0, 0.1) is 5.41 Å². The first-order chi connectivity index (χ1) is 5.91. The van der Waals surface area contributed by atoms with Crippen LogP contribution in [0.1, 0.15) is 40.5 Å². The van der Waals surface area contributed by atoms with Crippen LogP contribution in [0.25, 0.3) is 0 Å². The van der Waals surface area contributed by atoms with Crippen LogP contribution in [-0.4, -0.2) is 12.1 Å². The Kier molecular flexibility index (Phi) is 2.79. The molecule has 1 atom stereocenters. The molecule has 13 heavy (non-hydrogen) atoms. The minimum absolute atomic E-state index is 0.0190. The fraction of sp³-hybridized carbons (Fsp3) is 0.727. The Morgan fingerprint density at radius 3 is 2.69 bits per heavy atom. The van der Waals surface area contributed by atoms with E-state index in [-0.39, 0.29) is 17.5 Å². The molecule has 0 N–H and O–H groups in total. The molecule has 0 aromatic carbocycles. The highest BCUT2D eigenvalue weighted by atomic mass is 16.5. The molecule has 0 spiro atoms. The van der Waals surface area contributed by atoms with Gasteiger partial charge >= 0.3 is 5.97 Å². The Labute approximate surface area is 80.0 Å². The highest BCUT2D eigenvalue weighted by molar-refractivity contribution is 5.66. The molecule has 0 saturated heterocycles. The summed E-state index contributed by atoms with van der Waals surface area (Å²) in [7, 11) is 0. The molecule has 0 aromatic rings. The van der Waals surface area contributed by atoms with E-state index < -0.39 is 0 Å². The average molecular weight is 182 g/mol. The van der Waals surface area contributed by atoms with Gasteiger partial charge in [-0.2, -0.15) is 0 Å². The Balaban J connectivity index is 2.68. The number of carbonyl (C=O) groups is 1. The van der Waals surface area contributed by atoms with Gasteiger partial charge in [-0.1, -0.05) is 19.9 Å². The van der Waals surface area contributed by atoms with E-state index in [0.717, 1.165) is 12.8 Å². The fourth-order valence-corrected chi connectivity index (χ4v) is 1.86. The molecular formula is C11H18O2. The normalized spacial score (nSPS) is 26.5.